The monoisotopic (exact) mass is 784 g/mol. The van der Waals surface area contributed by atoms with Crippen LogP contribution in [0.15, 0.2) is 73.1 Å². The average Bonchev–Trinajstić information content (AvgIpc) is 4.18. The van der Waals surface area contributed by atoms with Gasteiger partial charge in [0, 0.05) is 45.5 Å². The zero-order valence-corrected chi connectivity index (χ0v) is 34.3. The van der Waals surface area contributed by atoms with Gasteiger partial charge < -0.3 is 29.6 Å². The van der Waals surface area contributed by atoms with Crippen molar-refractivity contribution in [3.05, 3.63) is 107 Å². The highest BCUT2D eigenvalue weighted by Gasteiger charge is 2.58. The predicted molar refractivity (Wildman–Crippen MR) is 223 cm³/mol. The smallest absolute Gasteiger partial charge is 0.255 e. The summed E-state index contributed by atoms with van der Waals surface area (Å²) < 4.78 is 24.0. The Balaban J connectivity index is 0.000000150. The number of anilines is 2. The number of epoxide rings is 2. The number of pyridine rings is 2. The second kappa shape index (κ2) is 15.1. The Kier molecular flexibility index (Phi) is 10.1. The van der Waals surface area contributed by atoms with Gasteiger partial charge in [-0.3, -0.25) is 19.6 Å². The van der Waals surface area contributed by atoms with Crippen molar-refractivity contribution in [1.82, 2.24) is 9.97 Å². The molecule has 10 rings (SSSR count). The van der Waals surface area contributed by atoms with Crippen LogP contribution in [0.5, 0.6) is 11.5 Å². The van der Waals surface area contributed by atoms with Gasteiger partial charge in [-0.25, -0.2) is 0 Å². The molecule has 6 aliphatic rings. The largest absolute Gasteiger partial charge is 0.493 e. The second-order valence-corrected chi connectivity index (χ2v) is 17.6. The summed E-state index contributed by atoms with van der Waals surface area (Å²) in [6.45, 7) is 11.6. The highest BCUT2D eigenvalue weighted by Crippen LogP contribution is 2.59. The van der Waals surface area contributed by atoms with Gasteiger partial charge in [0.25, 0.3) is 11.8 Å². The molecule has 4 fully saturated rings. The third-order valence-corrected chi connectivity index (χ3v) is 14.7. The maximum atomic E-state index is 12.9. The van der Waals surface area contributed by atoms with Gasteiger partial charge in [-0.2, -0.15) is 0 Å². The highest BCUT2D eigenvalue weighted by molar-refractivity contribution is 6.05. The first-order valence-electron chi connectivity index (χ1n) is 21.4. The number of aromatic nitrogens is 2. The summed E-state index contributed by atoms with van der Waals surface area (Å²) in [7, 11) is 0. The second-order valence-electron chi connectivity index (χ2n) is 17.6. The Morgan fingerprint density at radius 1 is 0.655 bits per heavy atom. The van der Waals surface area contributed by atoms with E-state index in [4.69, 9.17) is 18.9 Å². The molecule has 0 bridgehead atoms. The molecule has 4 aliphatic heterocycles. The molecule has 6 atom stereocenters. The molecule has 2 spiro atoms. The van der Waals surface area contributed by atoms with E-state index < -0.39 is 0 Å². The highest BCUT2D eigenvalue weighted by atomic mass is 16.6. The Bertz CT molecular complexity index is 2060. The number of carbonyl (C=O) groups excluding carboxylic acids is 2. The van der Waals surface area contributed by atoms with Crippen molar-refractivity contribution in [2.75, 3.05) is 37.1 Å². The number of amides is 2. The van der Waals surface area contributed by atoms with E-state index in [2.05, 4.69) is 46.6 Å². The van der Waals surface area contributed by atoms with Gasteiger partial charge in [-0.05, 0) is 138 Å². The Morgan fingerprint density at radius 2 is 1.09 bits per heavy atom. The minimum atomic E-state index is -0.132. The van der Waals surface area contributed by atoms with E-state index in [1.54, 1.807) is 12.4 Å². The summed E-state index contributed by atoms with van der Waals surface area (Å²) in [5.74, 6) is 2.63. The number of hydrogen-bond acceptors (Lipinski definition) is 8. The van der Waals surface area contributed by atoms with Gasteiger partial charge >= 0.3 is 0 Å². The van der Waals surface area contributed by atoms with Crippen molar-refractivity contribution >= 4 is 23.2 Å². The number of rotatable bonds is 6. The molecule has 58 heavy (non-hydrogen) atoms. The fourth-order valence-corrected chi connectivity index (χ4v) is 10.9. The van der Waals surface area contributed by atoms with E-state index in [-0.39, 0.29) is 33.8 Å². The average molecular weight is 785 g/mol. The number of nitrogens with zero attached hydrogens (tertiary/aromatic N) is 2. The van der Waals surface area contributed by atoms with Gasteiger partial charge in [0.15, 0.2) is 0 Å². The van der Waals surface area contributed by atoms with E-state index >= 15 is 0 Å². The van der Waals surface area contributed by atoms with Crippen LogP contribution in [0.4, 0.5) is 11.4 Å². The first kappa shape index (κ1) is 38.7. The number of aryl methyl sites for hydroxylation is 2. The van der Waals surface area contributed by atoms with Gasteiger partial charge in [-0.15, -0.1) is 0 Å². The molecule has 2 saturated heterocycles. The maximum Gasteiger partial charge on any atom is 0.255 e. The molecule has 10 nitrogen and oxygen atoms in total. The van der Waals surface area contributed by atoms with Gasteiger partial charge in [0.05, 0.1) is 60.4 Å². The lowest BCUT2D eigenvalue weighted by atomic mass is 9.58. The Hall–Kier alpha value is -4.80. The summed E-state index contributed by atoms with van der Waals surface area (Å²) >= 11 is 0. The van der Waals surface area contributed by atoms with Crippen LogP contribution in [0.1, 0.15) is 121 Å². The molecule has 10 heteroatoms. The molecule has 0 radical (unpaired) electrons. The standard InChI is InChI=1S/2C24H28N2O3/c2*1-3-24-10-9-23(15-29-23)14-18(24)8-12-28-21-13-17(6-7-19(21)24)22(27)26-20-5-4-11-25-16(20)2/h2*4-7,11,13,18H,3,8-10,12,14-15H2,1-2H3,(H,26,27)/t2*18-,23+,24+/m10/s1. The third kappa shape index (κ3) is 7.06. The lowest BCUT2D eigenvalue weighted by Gasteiger charge is -2.45. The van der Waals surface area contributed by atoms with E-state index in [1.807, 2.05) is 62.4 Å². The van der Waals surface area contributed by atoms with E-state index in [1.165, 1.54) is 11.1 Å². The molecule has 2 saturated carbocycles. The molecule has 2 amide bonds. The molecule has 2 N–H and O–H groups in total. The zero-order valence-electron chi connectivity index (χ0n) is 34.3. The van der Waals surface area contributed by atoms with Crippen LogP contribution in [-0.2, 0) is 20.3 Å². The van der Waals surface area contributed by atoms with Crippen LogP contribution >= 0.6 is 0 Å². The summed E-state index contributed by atoms with van der Waals surface area (Å²) in [6.07, 6.45) is 14.5. The molecule has 4 aromatic rings. The lowest BCUT2D eigenvalue weighted by molar-refractivity contribution is 0.0949. The predicted octanol–water partition coefficient (Wildman–Crippen LogP) is 9.28. The van der Waals surface area contributed by atoms with Crippen LogP contribution in [0, 0.1) is 25.7 Å². The number of carbonyl (C=O) groups is 2. The number of nitrogens with one attached hydrogen (secondary N) is 2. The fourth-order valence-electron chi connectivity index (χ4n) is 10.9. The first-order chi connectivity index (χ1) is 28.1. The lowest BCUT2D eigenvalue weighted by Crippen LogP contribution is -2.42. The van der Waals surface area contributed by atoms with Crippen LogP contribution < -0.4 is 20.1 Å². The van der Waals surface area contributed by atoms with Crippen molar-refractivity contribution in [3.8, 4) is 11.5 Å². The van der Waals surface area contributed by atoms with E-state index in [0.29, 0.717) is 36.2 Å². The zero-order chi connectivity index (χ0) is 40.1. The number of benzene rings is 2. The van der Waals surface area contributed by atoms with E-state index in [0.717, 1.165) is 112 Å². The van der Waals surface area contributed by atoms with Crippen LogP contribution in [0.2, 0.25) is 0 Å². The summed E-state index contributed by atoms with van der Waals surface area (Å²) in [5, 5.41) is 5.95. The van der Waals surface area contributed by atoms with E-state index in [9.17, 15) is 9.59 Å². The summed E-state index contributed by atoms with van der Waals surface area (Å²) in [6, 6.07) is 19.4. The fraction of sp³-hybridized carbons (Fsp3) is 0.500. The quantitative estimate of drug-likeness (QED) is 0.185. The first-order valence-corrected chi connectivity index (χ1v) is 21.4. The molecule has 2 aromatic heterocycles. The molecule has 304 valence electrons. The molecule has 2 aromatic carbocycles. The third-order valence-electron chi connectivity index (χ3n) is 14.7. The van der Waals surface area contributed by atoms with Crippen molar-refractivity contribution < 1.29 is 28.5 Å². The SMILES string of the molecule is CC[C@@]12CC[C@]3(CO3)C[C@@H]1CCOc1cc(C(=O)Nc3cccnc3C)ccc12.CC[C@]12CC[C@@]3(CO3)C[C@H]1CCOc1cc(C(=O)Nc3cccnc3C)ccc12. The molecular weight excluding hydrogens is 729 g/mol. The van der Waals surface area contributed by atoms with Gasteiger partial charge in [-0.1, -0.05) is 26.0 Å². The van der Waals surface area contributed by atoms with Crippen molar-refractivity contribution in [1.29, 1.82) is 0 Å². The van der Waals surface area contributed by atoms with Gasteiger partial charge in [0.1, 0.15) is 11.5 Å². The minimum absolute atomic E-state index is 0.123. The topological polar surface area (TPSA) is 128 Å². The summed E-state index contributed by atoms with van der Waals surface area (Å²) in [5.41, 5.74) is 7.40. The maximum absolute atomic E-state index is 12.9. The van der Waals surface area contributed by atoms with Crippen molar-refractivity contribution in [2.24, 2.45) is 11.8 Å². The van der Waals surface area contributed by atoms with Crippen LogP contribution in [0.25, 0.3) is 0 Å². The Labute approximate surface area is 341 Å². The number of hydrogen-bond donors (Lipinski definition) is 2. The Morgan fingerprint density at radius 3 is 1.47 bits per heavy atom. The van der Waals surface area contributed by atoms with Gasteiger partial charge in [0.2, 0.25) is 0 Å². The summed E-state index contributed by atoms with van der Waals surface area (Å²) in [4.78, 5) is 34.2. The van der Waals surface area contributed by atoms with Crippen LogP contribution in [0.3, 0.4) is 0 Å². The molecule has 2 aliphatic carbocycles. The molecule has 0 unspecified atom stereocenters. The number of fused-ring (bicyclic) bond motifs is 6. The molecule has 6 heterocycles. The minimum Gasteiger partial charge on any atom is -0.493 e. The van der Waals surface area contributed by atoms with Crippen LogP contribution in [-0.4, -0.2) is 59.4 Å². The van der Waals surface area contributed by atoms with Crippen molar-refractivity contribution in [3.63, 3.8) is 0 Å². The molecular formula is C48H56N4O6. The normalized spacial score (nSPS) is 29.9. The van der Waals surface area contributed by atoms with Crippen molar-refractivity contribution in [2.45, 2.75) is 114 Å². The number of ether oxygens (including phenoxy) is 4.